The Morgan fingerprint density at radius 1 is 1.17 bits per heavy atom. The van der Waals surface area contributed by atoms with Crippen molar-refractivity contribution < 1.29 is 13.2 Å². The van der Waals surface area contributed by atoms with Crippen molar-refractivity contribution in [2.45, 2.75) is 10.9 Å². The van der Waals surface area contributed by atoms with Gasteiger partial charge in [0.05, 0.1) is 16.5 Å². The summed E-state index contributed by atoms with van der Waals surface area (Å²) in [6.45, 7) is 0.497. The molecule has 1 aliphatic heterocycles. The van der Waals surface area contributed by atoms with Crippen LogP contribution in [0.5, 0.6) is 5.75 Å². The average Bonchev–Trinajstić information content (AvgIpc) is 2.97. The molecule has 1 unspecified atom stereocenters. The highest BCUT2D eigenvalue weighted by atomic mass is 32.2. The molecule has 0 amide bonds. The van der Waals surface area contributed by atoms with Crippen molar-refractivity contribution in [2.24, 2.45) is 0 Å². The molecule has 1 N–H and O–H groups in total. The van der Waals surface area contributed by atoms with Crippen molar-refractivity contribution in [1.82, 2.24) is 9.97 Å². The Kier molecular flexibility index (Phi) is 3.38. The molecule has 0 aliphatic carbocycles. The maximum absolute atomic E-state index is 11.8. The number of aromatic nitrogens is 2. The monoisotopic (exact) mass is 341 g/mol. The lowest BCUT2D eigenvalue weighted by Gasteiger charge is -2.14. The number of nitrogens with zero attached hydrogens (tertiary/aromatic N) is 2. The lowest BCUT2D eigenvalue weighted by Crippen LogP contribution is -2.13. The third-order valence-corrected chi connectivity index (χ3v) is 5.16. The second kappa shape index (κ2) is 5.45. The molecule has 6 nitrogen and oxygen atoms in total. The number of anilines is 1. The van der Waals surface area contributed by atoms with Crippen LogP contribution in [0.3, 0.4) is 0 Å². The average molecular weight is 341 g/mol. The minimum atomic E-state index is -3.29. The number of hydrogen-bond donors (Lipinski definition) is 1. The number of benzene rings is 2. The van der Waals surface area contributed by atoms with Gasteiger partial charge in [0.1, 0.15) is 24.5 Å². The zero-order valence-electron chi connectivity index (χ0n) is 12.9. The van der Waals surface area contributed by atoms with E-state index < -0.39 is 9.84 Å². The predicted octanol–water partition coefficient (Wildman–Crippen LogP) is 2.58. The summed E-state index contributed by atoms with van der Waals surface area (Å²) in [5.74, 6) is 1.45. The molecule has 1 aliphatic rings. The molecule has 122 valence electrons. The van der Waals surface area contributed by atoms with Gasteiger partial charge in [0.2, 0.25) is 0 Å². The molecule has 1 atom stereocenters. The van der Waals surface area contributed by atoms with E-state index in [1.165, 1.54) is 12.6 Å². The Balaban J connectivity index is 1.77. The van der Waals surface area contributed by atoms with E-state index in [1.807, 2.05) is 24.3 Å². The molecular weight excluding hydrogens is 326 g/mol. The first kappa shape index (κ1) is 14.9. The first-order chi connectivity index (χ1) is 11.5. The fourth-order valence-electron chi connectivity index (χ4n) is 2.83. The number of hydrogen-bond acceptors (Lipinski definition) is 6. The largest absolute Gasteiger partial charge is 0.491 e. The van der Waals surface area contributed by atoms with Gasteiger partial charge in [0.25, 0.3) is 0 Å². The van der Waals surface area contributed by atoms with Gasteiger partial charge in [-0.15, -0.1) is 0 Å². The summed E-state index contributed by atoms with van der Waals surface area (Å²) in [6, 6.07) is 12.6. The van der Waals surface area contributed by atoms with E-state index in [-0.39, 0.29) is 10.9 Å². The van der Waals surface area contributed by atoms with Crippen LogP contribution in [-0.4, -0.2) is 31.2 Å². The second-order valence-corrected chi connectivity index (χ2v) is 7.73. The minimum absolute atomic E-state index is 0.0406. The summed E-state index contributed by atoms with van der Waals surface area (Å²) in [6.07, 6.45) is 2.65. The highest BCUT2D eigenvalue weighted by Gasteiger charge is 2.24. The van der Waals surface area contributed by atoms with Gasteiger partial charge in [0, 0.05) is 17.2 Å². The summed E-state index contributed by atoms with van der Waals surface area (Å²) >= 11 is 0. The lowest BCUT2D eigenvalue weighted by atomic mass is 10.1. The fourth-order valence-corrected chi connectivity index (χ4v) is 3.48. The first-order valence-corrected chi connectivity index (χ1v) is 9.34. The van der Waals surface area contributed by atoms with Crippen molar-refractivity contribution in [3.8, 4) is 5.75 Å². The first-order valence-electron chi connectivity index (χ1n) is 7.45. The van der Waals surface area contributed by atoms with Crippen LogP contribution >= 0.6 is 0 Å². The highest BCUT2D eigenvalue weighted by molar-refractivity contribution is 7.90. The van der Waals surface area contributed by atoms with E-state index in [1.54, 1.807) is 18.2 Å². The number of nitrogens with one attached hydrogen (secondary N) is 1. The Morgan fingerprint density at radius 3 is 2.83 bits per heavy atom. The summed E-state index contributed by atoms with van der Waals surface area (Å²) in [5.41, 5.74) is 1.75. The van der Waals surface area contributed by atoms with Crippen molar-refractivity contribution in [3.05, 3.63) is 54.4 Å². The third kappa shape index (κ3) is 2.56. The smallest absolute Gasteiger partial charge is 0.175 e. The number of ether oxygens (including phenoxy) is 1. The van der Waals surface area contributed by atoms with Gasteiger partial charge in [0.15, 0.2) is 9.84 Å². The molecule has 4 rings (SSSR count). The molecule has 0 fully saturated rings. The van der Waals surface area contributed by atoms with Crippen molar-refractivity contribution in [3.63, 3.8) is 0 Å². The van der Waals surface area contributed by atoms with Gasteiger partial charge in [-0.3, -0.25) is 0 Å². The van der Waals surface area contributed by atoms with Crippen LogP contribution in [0.2, 0.25) is 0 Å². The summed E-state index contributed by atoms with van der Waals surface area (Å²) in [4.78, 5) is 8.75. The Bertz CT molecular complexity index is 1030. The summed E-state index contributed by atoms with van der Waals surface area (Å²) in [5, 5.41) is 4.02. The van der Waals surface area contributed by atoms with Crippen LogP contribution in [0, 0.1) is 0 Å². The highest BCUT2D eigenvalue weighted by Crippen LogP contribution is 2.35. The van der Waals surface area contributed by atoms with Gasteiger partial charge < -0.3 is 10.1 Å². The number of fused-ring (bicyclic) bond motifs is 2. The van der Waals surface area contributed by atoms with E-state index in [0.717, 1.165) is 11.3 Å². The minimum Gasteiger partial charge on any atom is -0.491 e. The van der Waals surface area contributed by atoms with Gasteiger partial charge in [-0.25, -0.2) is 18.4 Å². The zero-order valence-corrected chi connectivity index (χ0v) is 13.7. The van der Waals surface area contributed by atoms with Crippen molar-refractivity contribution >= 4 is 26.6 Å². The van der Waals surface area contributed by atoms with Crippen molar-refractivity contribution in [2.75, 3.05) is 18.2 Å². The van der Waals surface area contributed by atoms with Crippen LogP contribution in [0.25, 0.3) is 10.9 Å². The third-order valence-electron chi connectivity index (χ3n) is 4.05. The van der Waals surface area contributed by atoms with E-state index in [2.05, 4.69) is 15.3 Å². The van der Waals surface area contributed by atoms with Crippen LogP contribution in [0.1, 0.15) is 11.6 Å². The van der Waals surface area contributed by atoms with Gasteiger partial charge in [-0.2, -0.15) is 0 Å². The predicted molar refractivity (Wildman–Crippen MR) is 90.9 cm³/mol. The number of para-hydroxylation sites is 1. The maximum Gasteiger partial charge on any atom is 0.175 e. The molecule has 24 heavy (non-hydrogen) atoms. The lowest BCUT2D eigenvalue weighted by molar-refractivity contribution is 0.339. The fraction of sp³-hybridized carbons (Fsp3) is 0.176. The van der Waals surface area contributed by atoms with Gasteiger partial charge >= 0.3 is 0 Å². The molecule has 2 aromatic carbocycles. The molecule has 0 saturated heterocycles. The zero-order chi connectivity index (χ0) is 16.7. The van der Waals surface area contributed by atoms with Crippen molar-refractivity contribution in [1.29, 1.82) is 0 Å². The Hall–Kier alpha value is -2.67. The normalized spacial score (nSPS) is 16.6. The van der Waals surface area contributed by atoms with Gasteiger partial charge in [-0.05, 0) is 24.3 Å². The van der Waals surface area contributed by atoms with Crippen LogP contribution in [0.15, 0.2) is 53.7 Å². The Morgan fingerprint density at radius 2 is 2.00 bits per heavy atom. The van der Waals surface area contributed by atoms with E-state index in [4.69, 9.17) is 4.74 Å². The van der Waals surface area contributed by atoms with Crippen LogP contribution < -0.4 is 10.1 Å². The standard InChI is InChI=1S/C17H15N3O3S/c1-24(21,22)11-6-7-14-13(8-11)17(19-10-18-14)20-15-9-23-16-5-3-2-4-12(15)16/h2-8,10,15H,9H2,1H3,(H,18,19,20). The van der Waals surface area contributed by atoms with E-state index >= 15 is 0 Å². The molecule has 0 radical (unpaired) electrons. The topological polar surface area (TPSA) is 81.2 Å². The molecule has 0 spiro atoms. The molecule has 0 saturated carbocycles. The molecule has 0 bridgehead atoms. The molecule has 2 heterocycles. The molecule has 3 aromatic rings. The van der Waals surface area contributed by atoms with Crippen LogP contribution in [-0.2, 0) is 9.84 Å². The second-order valence-electron chi connectivity index (χ2n) is 5.72. The molecule has 7 heteroatoms. The van der Waals surface area contributed by atoms with E-state index in [0.29, 0.717) is 23.3 Å². The SMILES string of the molecule is CS(=O)(=O)c1ccc2ncnc(NC3COc4ccccc43)c2c1. The van der Waals surface area contributed by atoms with Crippen LogP contribution in [0.4, 0.5) is 5.82 Å². The number of rotatable bonds is 3. The van der Waals surface area contributed by atoms with E-state index in [9.17, 15) is 8.42 Å². The maximum atomic E-state index is 11.8. The summed E-state index contributed by atoms with van der Waals surface area (Å²) in [7, 11) is -3.29. The quantitative estimate of drug-likeness (QED) is 0.788. The molecular formula is C17H15N3O3S. The summed E-state index contributed by atoms with van der Waals surface area (Å²) < 4.78 is 29.3. The Labute approximate surface area is 139 Å². The van der Waals surface area contributed by atoms with Gasteiger partial charge in [-0.1, -0.05) is 18.2 Å². The molecule has 1 aromatic heterocycles. The number of sulfone groups is 1.